The van der Waals surface area contributed by atoms with Crippen LogP contribution in [0.2, 0.25) is 0 Å². The molecule has 4 nitrogen and oxygen atoms in total. The zero-order valence-electron chi connectivity index (χ0n) is 11.9. The zero-order chi connectivity index (χ0) is 14.6. The van der Waals surface area contributed by atoms with Crippen molar-refractivity contribution in [3.8, 4) is 0 Å². The van der Waals surface area contributed by atoms with Crippen LogP contribution in [0.3, 0.4) is 0 Å². The van der Waals surface area contributed by atoms with Gasteiger partial charge < -0.3 is 5.73 Å². The number of hydrogen-bond donors (Lipinski definition) is 2. The Morgan fingerprint density at radius 2 is 1.95 bits per heavy atom. The Hall–Kier alpha value is -0.690. The molecule has 0 aromatic heterocycles. The highest BCUT2D eigenvalue weighted by Gasteiger charge is 2.20. The van der Waals surface area contributed by atoms with Crippen molar-refractivity contribution in [2.75, 3.05) is 6.54 Å². The van der Waals surface area contributed by atoms with Crippen molar-refractivity contribution in [1.82, 2.24) is 4.72 Å². The molecular weight excluding hydrogens is 303 g/mol. The molecule has 1 rings (SSSR count). The summed E-state index contributed by atoms with van der Waals surface area (Å²) >= 11 is 0. The zero-order valence-corrected chi connectivity index (χ0v) is 13.5. The maximum absolute atomic E-state index is 13.2. The molecule has 0 fully saturated rings. The minimum atomic E-state index is -3.65. The van der Waals surface area contributed by atoms with Gasteiger partial charge in [0.2, 0.25) is 10.0 Å². The van der Waals surface area contributed by atoms with Gasteiger partial charge in [-0.2, -0.15) is 0 Å². The first-order valence-corrected chi connectivity index (χ1v) is 7.73. The maximum Gasteiger partial charge on any atom is 0.240 e. The SMILES string of the molecule is Cc1cc(S(=O)(=O)NC(CN)CC(C)C)ccc1F.Cl. The van der Waals surface area contributed by atoms with Gasteiger partial charge >= 0.3 is 0 Å². The van der Waals surface area contributed by atoms with E-state index in [9.17, 15) is 12.8 Å². The molecule has 1 unspecified atom stereocenters. The van der Waals surface area contributed by atoms with Crippen LogP contribution in [0.4, 0.5) is 4.39 Å². The standard InChI is InChI=1S/C13H21FN2O2S.ClH/c1-9(2)6-11(8-15)16-19(17,18)12-4-5-13(14)10(3)7-12;/h4-5,7,9,11,16H,6,8,15H2,1-3H3;1H. The highest BCUT2D eigenvalue weighted by atomic mass is 35.5. The molecule has 0 aliphatic rings. The predicted molar refractivity (Wildman–Crippen MR) is 81.0 cm³/mol. The highest BCUT2D eigenvalue weighted by Crippen LogP contribution is 2.15. The summed E-state index contributed by atoms with van der Waals surface area (Å²) in [5.41, 5.74) is 5.88. The molecule has 3 N–H and O–H groups in total. The predicted octanol–water partition coefficient (Wildman–Crippen LogP) is 2.21. The first-order chi connectivity index (χ1) is 8.76. The monoisotopic (exact) mass is 324 g/mol. The van der Waals surface area contributed by atoms with Crippen molar-refractivity contribution < 1.29 is 12.8 Å². The van der Waals surface area contributed by atoms with E-state index >= 15 is 0 Å². The molecule has 0 bridgehead atoms. The number of aryl methyl sites for hydroxylation is 1. The van der Waals surface area contributed by atoms with Crippen LogP contribution in [0.5, 0.6) is 0 Å². The van der Waals surface area contributed by atoms with Gasteiger partial charge in [0.05, 0.1) is 4.90 Å². The summed E-state index contributed by atoms with van der Waals surface area (Å²) in [5, 5.41) is 0. The molecule has 0 radical (unpaired) electrons. The van der Waals surface area contributed by atoms with Crippen LogP contribution in [0.1, 0.15) is 25.8 Å². The third kappa shape index (κ3) is 5.36. The van der Waals surface area contributed by atoms with Crippen LogP contribution in [0.15, 0.2) is 23.1 Å². The van der Waals surface area contributed by atoms with Crippen molar-refractivity contribution >= 4 is 22.4 Å². The average molecular weight is 325 g/mol. The van der Waals surface area contributed by atoms with Crippen LogP contribution in [-0.4, -0.2) is 21.0 Å². The van der Waals surface area contributed by atoms with Gasteiger partial charge in [0, 0.05) is 12.6 Å². The van der Waals surface area contributed by atoms with Crippen LogP contribution in [0.25, 0.3) is 0 Å². The normalized spacial score (nSPS) is 13.1. The minimum Gasteiger partial charge on any atom is -0.329 e. The lowest BCUT2D eigenvalue weighted by Gasteiger charge is -2.19. The summed E-state index contributed by atoms with van der Waals surface area (Å²) in [6.45, 7) is 5.76. The smallest absolute Gasteiger partial charge is 0.240 e. The molecule has 0 saturated heterocycles. The lowest BCUT2D eigenvalue weighted by molar-refractivity contribution is 0.465. The molecule has 1 atom stereocenters. The Morgan fingerprint density at radius 3 is 2.40 bits per heavy atom. The van der Waals surface area contributed by atoms with Crippen LogP contribution in [-0.2, 0) is 10.0 Å². The molecule has 7 heteroatoms. The summed E-state index contributed by atoms with van der Waals surface area (Å²) in [4.78, 5) is 0.0635. The van der Waals surface area contributed by atoms with Crippen molar-refractivity contribution in [2.45, 2.75) is 38.1 Å². The number of sulfonamides is 1. The van der Waals surface area contributed by atoms with Crippen molar-refractivity contribution in [2.24, 2.45) is 11.7 Å². The van der Waals surface area contributed by atoms with Gasteiger partial charge in [-0.25, -0.2) is 17.5 Å². The highest BCUT2D eigenvalue weighted by molar-refractivity contribution is 7.89. The maximum atomic E-state index is 13.2. The first-order valence-electron chi connectivity index (χ1n) is 6.24. The Labute approximate surface area is 126 Å². The van der Waals surface area contributed by atoms with E-state index in [1.54, 1.807) is 0 Å². The Balaban J connectivity index is 0.00000361. The molecular formula is C13H22ClFN2O2S. The molecule has 116 valence electrons. The Kier molecular flexibility index (Phi) is 7.65. The third-order valence-electron chi connectivity index (χ3n) is 2.80. The summed E-state index contributed by atoms with van der Waals surface area (Å²) in [6, 6.07) is 3.42. The molecule has 0 aliphatic carbocycles. The first kappa shape index (κ1) is 19.3. The summed E-state index contributed by atoms with van der Waals surface area (Å²) in [7, 11) is -3.65. The van der Waals surface area contributed by atoms with Gasteiger partial charge in [-0.3, -0.25) is 0 Å². The van der Waals surface area contributed by atoms with Crippen molar-refractivity contribution in [3.63, 3.8) is 0 Å². The topological polar surface area (TPSA) is 72.2 Å². The fourth-order valence-corrected chi connectivity index (χ4v) is 3.18. The van der Waals surface area contributed by atoms with E-state index in [0.29, 0.717) is 17.9 Å². The van der Waals surface area contributed by atoms with E-state index in [1.807, 2.05) is 13.8 Å². The molecule has 1 aromatic carbocycles. The van der Waals surface area contributed by atoms with E-state index in [-0.39, 0.29) is 29.9 Å². The van der Waals surface area contributed by atoms with E-state index < -0.39 is 15.8 Å². The van der Waals surface area contributed by atoms with Gasteiger partial charge in [0.25, 0.3) is 0 Å². The number of nitrogens with one attached hydrogen (secondary N) is 1. The molecule has 0 saturated carbocycles. The fourth-order valence-electron chi connectivity index (χ4n) is 1.83. The Bertz CT molecular complexity index is 535. The number of rotatable bonds is 6. The van der Waals surface area contributed by atoms with E-state index in [0.717, 1.165) is 6.07 Å². The lowest BCUT2D eigenvalue weighted by Crippen LogP contribution is -2.41. The number of nitrogens with two attached hydrogens (primary N) is 1. The van der Waals surface area contributed by atoms with Gasteiger partial charge in [-0.15, -0.1) is 12.4 Å². The van der Waals surface area contributed by atoms with Gasteiger partial charge in [0.15, 0.2) is 0 Å². The summed E-state index contributed by atoms with van der Waals surface area (Å²) in [6.07, 6.45) is 0.663. The quantitative estimate of drug-likeness (QED) is 0.842. The third-order valence-corrected chi connectivity index (χ3v) is 4.32. The number of hydrogen-bond acceptors (Lipinski definition) is 3. The molecule has 0 spiro atoms. The minimum absolute atomic E-state index is 0. The van der Waals surface area contributed by atoms with Crippen molar-refractivity contribution in [3.05, 3.63) is 29.6 Å². The lowest BCUT2D eigenvalue weighted by atomic mass is 10.1. The van der Waals surface area contributed by atoms with Gasteiger partial charge in [-0.05, 0) is 43.0 Å². The number of benzene rings is 1. The van der Waals surface area contributed by atoms with Crippen LogP contribution < -0.4 is 10.5 Å². The summed E-state index contributed by atoms with van der Waals surface area (Å²) < 4.78 is 40.0. The van der Waals surface area contributed by atoms with Crippen LogP contribution >= 0.6 is 12.4 Å². The number of halogens is 2. The molecule has 20 heavy (non-hydrogen) atoms. The second-order valence-electron chi connectivity index (χ2n) is 5.09. The summed E-state index contributed by atoms with van der Waals surface area (Å²) in [5.74, 6) is -0.0808. The second kappa shape index (κ2) is 7.93. The Morgan fingerprint density at radius 1 is 1.35 bits per heavy atom. The molecule has 0 aliphatic heterocycles. The van der Waals surface area contributed by atoms with Gasteiger partial charge in [0.1, 0.15) is 5.82 Å². The average Bonchev–Trinajstić information content (AvgIpc) is 2.30. The molecule has 0 heterocycles. The van der Waals surface area contributed by atoms with Gasteiger partial charge in [-0.1, -0.05) is 13.8 Å². The largest absolute Gasteiger partial charge is 0.329 e. The fraction of sp³-hybridized carbons (Fsp3) is 0.538. The van der Waals surface area contributed by atoms with E-state index in [1.165, 1.54) is 19.1 Å². The van der Waals surface area contributed by atoms with Crippen LogP contribution in [0, 0.1) is 18.7 Å². The van der Waals surface area contributed by atoms with Crippen molar-refractivity contribution in [1.29, 1.82) is 0 Å². The molecule has 1 aromatic rings. The second-order valence-corrected chi connectivity index (χ2v) is 6.81. The molecule has 0 amide bonds. The van der Waals surface area contributed by atoms with E-state index in [4.69, 9.17) is 5.73 Å². The van der Waals surface area contributed by atoms with E-state index in [2.05, 4.69) is 4.72 Å².